The molecule has 1 aliphatic heterocycles. The molecule has 2 N–H and O–H groups in total. The Morgan fingerprint density at radius 1 is 1.13 bits per heavy atom. The van der Waals surface area contributed by atoms with Gasteiger partial charge in [-0.1, -0.05) is 11.6 Å². The number of aromatic nitrogens is 1. The number of hydrogen-bond acceptors (Lipinski definition) is 7. The third kappa shape index (κ3) is 7.78. The number of nitrogens with zero attached hydrogens (tertiary/aromatic N) is 2. The summed E-state index contributed by atoms with van der Waals surface area (Å²) in [4.78, 5) is 19.9. The van der Waals surface area contributed by atoms with Crippen LogP contribution in [-0.4, -0.2) is 65.7 Å². The van der Waals surface area contributed by atoms with Gasteiger partial charge in [0.2, 0.25) is 0 Å². The quantitative estimate of drug-likeness (QED) is 0.178. The Morgan fingerprint density at radius 2 is 1.82 bits per heavy atom. The predicted octanol–water partition coefficient (Wildman–Crippen LogP) is 6.46. The van der Waals surface area contributed by atoms with Crippen molar-refractivity contribution >= 4 is 40.2 Å². The largest absolute Gasteiger partial charge is 0.497 e. The molecule has 1 saturated heterocycles. The molecule has 0 saturated carbocycles. The molecule has 9 heteroatoms. The van der Waals surface area contributed by atoms with E-state index in [-0.39, 0.29) is 11.8 Å². The number of thioether (sulfide) groups is 1. The molecule has 210 valence electrons. The average molecular weight is 573 g/mol. The number of carbonyl (C=O) groups is 1. The van der Waals surface area contributed by atoms with Gasteiger partial charge < -0.3 is 24.6 Å². The lowest BCUT2D eigenvalue weighted by Gasteiger charge is -2.41. The molecule has 0 bridgehead atoms. The summed E-state index contributed by atoms with van der Waals surface area (Å²) in [5.74, 6) is 1.77. The van der Waals surface area contributed by atoms with Crippen molar-refractivity contribution in [3.63, 3.8) is 0 Å². The number of carboxylic acid groups (broad SMARTS) is 1. The van der Waals surface area contributed by atoms with Crippen LogP contribution in [-0.2, 0) is 4.79 Å². The summed E-state index contributed by atoms with van der Waals surface area (Å²) in [6, 6.07) is 13.6. The van der Waals surface area contributed by atoms with E-state index in [1.54, 1.807) is 20.4 Å². The molecule has 4 rings (SSSR count). The number of benzene rings is 2. The van der Waals surface area contributed by atoms with Crippen molar-refractivity contribution in [2.45, 2.75) is 49.5 Å². The van der Waals surface area contributed by atoms with Crippen LogP contribution in [0.2, 0.25) is 5.02 Å². The minimum Gasteiger partial charge on any atom is -0.497 e. The van der Waals surface area contributed by atoms with Gasteiger partial charge in [0.25, 0.3) is 0 Å². The second-order valence-electron chi connectivity index (χ2n) is 10.2. The Labute approximate surface area is 239 Å². The van der Waals surface area contributed by atoms with Crippen LogP contribution in [0.5, 0.6) is 11.5 Å². The van der Waals surface area contributed by atoms with Crippen molar-refractivity contribution in [2.24, 2.45) is 5.41 Å². The first-order valence-corrected chi connectivity index (χ1v) is 14.7. The van der Waals surface area contributed by atoms with Crippen LogP contribution in [0, 0.1) is 5.41 Å². The van der Waals surface area contributed by atoms with Crippen LogP contribution in [0.15, 0.2) is 53.6 Å². The first-order chi connectivity index (χ1) is 18.8. The molecular weight excluding hydrogens is 536 g/mol. The van der Waals surface area contributed by atoms with Gasteiger partial charge in [-0.05, 0) is 105 Å². The molecular formula is C30H37ClN2O5S. The first kappa shape index (κ1) is 29.5. The molecule has 0 aliphatic carbocycles. The molecule has 0 amide bonds. The van der Waals surface area contributed by atoms with Gasteiger partial charge in [0.15, 0.2) is 0 Å². The molecule has 1 fully saturated rings. The lowest BCUT2D eigenvalue weighted by Crippen LogP contribution is -2.41. The van der Waals surface area contributed by atoms with E-state index in [1.165, 1.54) is 4.90 Å². The van der Waals surface area contributed by atoms with Gasteiger partial charge in [-0.25, -0.2) is 0 Å². The first-order valence-electron chi connectivity index (χ1n) is 13.3. The molecule has 0 radical (unpaired) electrons. The fourth-order valence-corrected chi connectivity index (χ4v) is 6.57. The second kappa shape index (κ2) is 13.7. The lowest BCUT2D eigenvalue weighted by molar-refractivity contribution is -0.141. The number of likely N-dealkylation sites (tertiary alicyclic amines) is 1. The van der Waals surface area contributed by atoms with Crippen LogP contribution in [0.4, 0.5) is 0 Å². The smallest absolute Gasteiger partial charge is 0.303 e. The summed E-state index contributed by atoms with van der Waals surface area (Å²) < 4.78 is 10.6. The van der Waals surface area contributed by atoms with E-state index in [1.807, 2.05) is 42.1 Å². The number of ether oxygens (including phenoxy) is 2. The maximum absolute atomic E-state index is 11.8. The molecule has 1 aliphatic rings. The number of rotatable bonds is 13. The van der Waals surface area contributed by atoms with Crippen molar-refractivity contribution in [3.8, 4) is 11.5 Å². The zero-order valence-electron chi connectivity index (χ0n) is 22.6. The molecule has 39 heavy (non-hydrogen) atoms. The van der Waals surface area contributed by atoms with Crippen LogP contribution in [0.3, 0.4) is 0 Å². The molecule has 2 aromatic carbocycles. The summed E-state index contributed by atoms with van der Waals surface area (Å²) in [6.07, 6.45) is 4.57. The summed E-state index contributed by atoms with van der Waals surface area (Å²) in [5, 5.41) is 22.1. The normalized spacial score (nSPS) is 16.2. The molecule has 1 atom stereocenters. The van der Waals surface area contributed by atoms with Crippen LogP contribution >= 0.6 is 23.4 Å². The number of carboxylic acids is 1. The molecule has 2 heterocycles. The van der Waals surface area contributed by atoms with E-state index in [9.17, 15) is 15.0 Å². The second-order valence-corrected chi connectivity index (χ2v) is 11.8. The standard InChI is InChI=1S/C30H37ClN2O5S/c1-37-21-4-7-23(8-5-21)39-17-3-14-33-15-12-30(13-16-33,19-28(35)36)11-10-27(34)29-24-18-22(38-2)6-9-26(24)32-20-25(29)31/h4-9,18,20,27,34H,3,10-17,19H2,1-2H3,(H,35,36)/t27-/m0/s1. The Kier molecular flexibility index (Phi) is 10.4. The Bertz CT molecular complexity index is 1250. The summed E-state index contributed by atoms with van der Waals surface area (Å²) in [7, 11) is 3.26. The average Bonchev–Trinajstić information content (AvgIpc) is 2.94. The molecule has 7 nitrogen and oxygen atoms in total. The van der Waals surface area contributed by atoms with E-state index < -0.39 is 12.1 Å². The van der Waals surface area contributed by atoms with Crippen LogP contribution in [0.1, 0.15) is 50.2 Å². The fourth-order valence-electron chi connectivity index (χ4n) is 5.46. The summed E-state index contributed by atoms with van der Waals surface area (Å²) >= 11 is 8.33. The third-order valence-corrected chi connectivity index (χ3v) is 9.14. The number of fused-ring (bicyclic) bond motifs is 1. The maximum atomic E-state index is 11.8. The van der Waals surface area contributed by atoms with Gasteiger partial charge in [0.05, 0.1) is 37.3 Å². The molecule has 3 aromatic rings. The van der Waals surface area contributed by atoms with E-state index in [0.29, 0.717) is 29.2 Å². The van der Waals surface area contributed by atoms with E-state index in [2.05, 4.69) is 22.0 Å². The maximum Gasteiger partial charge on any atom is 0.303 e. The number of aliphatic hydroxyl groups excluding tert-OH is 1. The lowest BCUT2D eigenvalue weighted by atomic mass is 9.71. The van der Waals surface area contributed by atoms with Crippen LogP contribution < -0.4 is 9.47 Å². The van der Waals surface area contributed by atoms with Gasteiger partial charge in [-0.2, -0.15) is 0 Å². The van der Waals surface area contributed by atoms with Crippen molar-refractivity contribution in [1.29, 1.82) is 0 Å². The van der Waals surface area contributed by atoms with Crippen molar-refractivity contribution in [3.05, 3.63) is 59.2 Å². The highest BCUT2D eigenvalue weighted by molar-refractivity contribution is 7.99. The summed E-state index contributed by atoms with van der Waals surface area (Å²) in [6.45, 7) is 2.73. The van der Waals surface area contributed by atoms with E-state index >= 15 is 0 Å². The van der Waals surface area contributed by atoms with E-state index in [0.717, 1.165) is 61.3 Å². The highest BCUT2D eigenvalue weighted by Gasteiger charge is 2.37. The SMILES string of the molecule is COc1ccc(SCCCN2CCC(CC[C@H](O)c3c(Cl)cnc4ccc(OC)cc34)(CC(=O)O)CC2)cc1. The van der Waals surface area contributed by atoms with Crippen LogP contribution in [0.25, 0.3) is 10.9 Å². The topological polar surface area (TPSA) is 92.1 Å². The number of pyridine rings is 1. The zero-order chi connectivity index (χ0) is 27.8. The number of piperidine rings is 1. The summed E-state index contributed by atoms with van der Waals surface area (Å²) in [5.41, 5.74) is 1.01. The third-order valence-electron chi connectivity index (χ3n) is 7.74. The number of methoxy groups -OCH3 is 2. The van der Waals surface area contributed by atoms with Gasteiger partial charge >= 0.3 is 5.97 Å². The number of halogens is 1. The minimum absolute atomic E-state index is 0.111. The highest BCUT2D eigenvalue weighted by Crippen LogP contribution is 2.43. The van der Waals surface area contributed by atoms with Crippen molar-refractivity contribution in [1.82, 2.24) is 9.88 Å². The van der Waals surface area contributed by atoms with Gasteiger partial charge in [0, 0.05) is 22.0 Å². The minimum atomic E-state index is -0.825. The number of hydrogen-bond donors (Lipinski definition) is 2. The highest BCUT2D eigenvalue weighted by atomic mass is 35.5. The van der Waals surface area contributed by atoms with Crippen molar-refractivity contribution < 1.29 is 24.5 Å². The Hall–Kier alpha value is -2.52. The Morgan fingerprint density at radius 3 is 2.49 bits per heavy atom. The Balaban J connectivity index is 1.33. The fraction of sp³-hybridized carbons (Fsp3) is 0.467. The van der Waals surface area contributed by atoms with Gasteiger partial charge in [-0.15, -0.1) is 11.8 Å². The monoisotopic (exact) mass is 572 g/mol. The van der Waals surface area contributed by atoms with Gasteiger partial charge in [0.1, 0.15) is 11.5 Å². The van der Waals surface area contributed by atoms with Crippen molar-refractivity contribution in [2.75, 3.05) is 39.6 Å². The number of aliphatic hydroxyl groups is 1. The molecule has 0 unspecified atom stereocenters. The van der Waals surface area contributed by atoms with Gasteiger partial charge in [-0.3, -0.25) is 9.78 Å². The predicted molar refractivity (Wildman–Crippen MR) is 156 cm³/mol. The van der Waals surface area contributed by atoms with E-state index in [4.69, 9.17) is 21.1 Å². The number of aliphatic carboxylic acids is 1. The molecule has 0 spiro atoms. The molecule has 1 aromatic heterocycles. The zero-order valence-corrected chi connectivity index (χ0v) is 24.1.